The minimum Gasteiger partial charge on any atom is -0.444 e. The molecule has 0 aliphatic carbocycles. The summed E-state index contributed by atoms with van der Waals surface area (Å²) in [5, 5.41) is 2.62. The molecule has 0 spiro atoms. The molecule has 2 rings (SSSR count). The van der Waals surface area contributed by atoms with Gasteiger partial charge in [-0.3, -0.25) is 9.59 Å². The van der Waals surface area contributed by atoms with Crippen LogP contribution in [-0.4, -0.2) is 23.5 Å². The quantitative estimate of drug-likeness (QED) is 0.868. The summed E-state index contributed by atoms with van der Waals surface area (Å²) in [4.78, 5) is 36.3. The highest BCUT2D eigenvalue weighted by Crippen LogP contribution is 2.23. The fourth-order valence-corrected chi connectivity index (χ4v) is 2.00. The second-order valence-corrected chi connectivity index (χ2v) is 5.83. The van der Waals surface area contributed by atoms with Crippen molar-refractivity contribution < 1.29 is 19.1 Å². The fourth-order valence-electron chi connectivity index (χ4n) is 2.00. The Bertz CT molecular complexity index is 626. The molecule has 1 N–H and O–H groups in total. The van der Waals surface area contributed by atoms with Crippen molar-refractivity contribution in [1.29, 1.82) is 0 Å². The van der Waals surface area contributed by atoms with Gasteiger partial charge in [0.15, 0.2) is 0 Å². The summed E-state index contributed by atoms with van der Waals surface area (Å²) in [6.45, 7) is 5.47. The first-order valence-electron chi connectivity index (χ1n) is 6.89. The summed E-state index contributed by atoms with van der Waals surface area (Å²) in [6.07, 6.45) is 1.89. The van der Waals surface area contributed by atoms with E-state index in [4.69, 9.17) is 4.74 Å². The van der Waals surface area contributed by atoms with Crippen LogP contribution >= 0.6 is 0 Å². The van der Waals surface area contributed by atoms with Gasteiger partial charge in [-0.1, -0.05) is 18.2 Å². The predicted octanol–water partition coefficient (Wildman–Crippen LogP) is 2.14. The van der Waals surface area contributed by atoms with Crippen molar-refractivity contribution in [2.75, 3.05) is 4.90 Å². The second kappa shape index (κ2) is 6.01. The number of para-hydroxylation sites is 1. The first-order chi connectivity index (χ1) is 10.3. The molecular weight excluding hydrogens is 284 g/mol. The smallest absolute Gasteiger partial charge is 0.407 e. The van der Waals surface area contributed by atoms with Crippen LogP contribution in [0.4, 0.5) is 10.5 Å². The number of anilines is 1. The summed E-state index contributed by atoms with van der Waals surface area (Å²) in [6, 6.07) is 6.90. The third-order valence-corrected chi connectivity index (χ3v) is 2.86. The van der Waals surface area contributed by atoms with Gasteiger partial charge < -0.3 is 10.1 Å². The largest absolute Gasteiger partial charge is 0.444 e. The lowest BCUT2D eigenvalue weighted by Crippen LogP contribution is -2.34. The molecule has 6 heteroatoms. The number of imide groups is 1. The Balaban J connectivity index is 2.11. The Kier molecular flexibility index (Phi) is 4.30. The monoisotopic (exact) mass is 302 g/mol. The molecule has 0 fully saturated rings. The number of carbonyl (C=O) groups is 3. The molecule has 1 aliphatic heterocycles. The molecule has 1 heterocycles. The normalized spacial score (nSPS) is 14.4. The molecule has 22 heavy (non-hydrogen) atoms. The zero-order valence-corrected chi connectivity index (χ0v) is 12.8. The maximum Gasteiger partial charge on any atom is 0.407 e. The lowest BCUT2D eigenvalue weighted by atomic mass is 10.1. The van der Waals surface area contributed by atoms with E-state index in [1.165, 1.54) is 12.2 Å². The molecule has 3 amide bonds. The number of benzene rings is 1. The summed E-state index contributed by atoms with van der Waals surface area (Å²) in [7, 11) is 0. The maximum atomic E-state index is 11.8. The lowest BCUT2D eigenvalue weighted by molar-refractivity contribution is -0.120. The molecule has 0 radical (unpaired) electrons. The van der Waals surface area contributed by atoms with Crippen LogP contribution in [0, 0.1) is 0 Å². The summed E-state index contributed by atoms with van der Waals surface area (Å²) in [5.41, 5.74) is 0.520. The van der Waals surface area contributed by atoms with Crippen LogP contribution in [0.1, 0.15) is 26.3 Å². The van der Waals surface area contributed by atoms with E-state index in [1.54, 1.807) is 45.0 Å². The number of carbonyl (C=O) groups excluding carboxylic acids is 3. The number of amides is 3. The minimum atomic E-state index is -0.589. The Hall–Kier alpha value is -2.63. The van der Waals surface area contributed by atoms with E-state index in [0.717, 1.165) is 4.90 Å². The highest BCUT2D eigenvalue weighted by Gasteiger charge is 2.27. The Morgan fingerprint density at radius 1 is 1.14 bits per heavy atom. The molecule has 1 aromatic carbocycles. The Morgan fingerprint density at radius 3 is 2.32 bits per heavy atom. The molecule has 0 bridgehead atoms. The number of ether oxygens (including phenoxy) is 1. The molecule has 0 unspecified atom stereocenters. The topological polar surface area (TPSA) is 75.7 Å². The van der Waals surface area contributed by atoms with Crippen molar-refractivity contribution in [2.24, 2.45) is 0 Å². The zero-order chi connectivity index (χ0) is 16.3. The number of rotatable bonds is 3. The number of hydrogen-bond acceptors (Lipinski definition) is 4. The van der Waals surface area contributed by atoms with E-state index in [-0.39, 0.29) is 6.54 Å². The van der Waals surface area contributed by atoms with Crippen molar-refractivity contribution in [1.82, 2.24) is 5.32 Å². The van der Waals surface area contributed by atoms with E-state index in [1.807, 2.05) is 0 Å². The van der Waals surface area contributed by atoms with Gasteiger partial charge in [-0.2, -0.15) is 0 Å². The molecule has 116 valence electrons. The first-order valence-corrected chi connectivity index (χ1v) is 6.89. The fraction of sp³-hybridized carbons (Fsp3) is 0.312. The van der Waals surface area contributed by atoms with E-state index in [2.05, 4.69) is 5.32 Å². The third kappa shape index (κ3) is 3.72. The summed E-state index contributed by atoms with van der Waals surface area (Å²) >= 11 is 0. The van der Waals surface area contributed by atoms with E-state index in [9.17, 15) is 14.4 Å². The van der Waals surface area contributed by atoms with Crippen LogP contribution in [0.5, 0.6) is 0 Å². The molecule has 0 saturated heterocycles. The van der Waals surface area contributed by atoms with Gasteiger partial charge in [-0.25, -0.2) is 9.69 Å². The van der Waals surface area contributed by atoms with Gasteiger partial charge in [-0.05, 0) is 32.4 Å². The number of hydrogen-bond donors (Lipinski definition) is 1. The molecule has 0 aromatic heterocycles. The van der Waals surface area contributed by atoms with Crippen molar-refractivity contribution in [2.45, 2.75) is 32.9 Å². The van der Waals surface area contributed by atoms with Gasteiger partial charge in [0.05, 0.1) is 5.69 Å². The number of nitrogens with zero attached hydrogens (tertiary/aromatic N) is 1. The predicted molar refractivity (Wildman–Crippen MR) is 81.1 cm³/mol. The van der Waals surface area contributed by atoms with E-state index >= 15 is 0 Å². The number of alkyl carbamates (subject to hydrolysis) is 1. The average molecular weight is 302 g/mol. The summed E-state index contributed by atoms with van der Waals surface area (Å²) < 4.78 is 5.16. The third-order valence-electron chi connectivity index (χ3n) is 2.86. The van der Waals surface area contributed by atoms with Gasteiger partial charge in [0.25, 0.3) is 11.8 Å². The van der Waals surface area contributed by atoms with E-state index < -0.39 is 23.5 Å². The molecule has 1 aliphatic rings. The van der Waals surface area contributed by atoms with Gasteiger partial charge in [0.2, 0.25) is 0 Å². The highest BCUT2D eigenvalue weighted by atomic mass is 16.6. The molecular formula is C16H18N2O4. The second-order valence-electron chi connectivity index (χ2n) is 5.83. The SMILES string of the molecule is CC(C)(C)OC(=O)NCc1ccccc1N1C(=O)C=CC1=O. The van der Waals surface area contributed by atoms with Crippen molar-refractivity contribution in [3.05, 3.63) is 42.0 Å². The molecule has 0 atom stereocenters. The zero-order valence-electron chi connectivity index (χ0n) is 12.8. The van der Waals surface area contributed by atoms with Gasteiger partial charge in [0, 0.05) is 18.7 Å². The van der Waals surface area contributed by atoms with Gasteiger partial charge in [0.1, 0.15) is 5.60 Å². The van der Waals surface area contributed by atoms with Crippen LogP contribution in [-0.2, 0) is 20.9 Å². The average Bonchev–Trinajstić information content (AvgIpc) is 2.74. The molecule has 6 nitrogen and oxygen atoms in total. The lowest BCUT2D eigenvalue weighted by Gasteiger charge is -2.21. The van der Waals surface area contributed by atoms with Gasteiger partial charge >= 0.3 is 6.09 Å². The number of nitrogens with one attached hydrogen (secondary N) is 1. The van der Waals surface area contributed by atoms with Crippen molar-refractivity contribution in [3.8, 4) is 0 Å². The van der Waals surface area contributed by atoms with Crippen LogP contribution in [0.3, 0.4) is 0 Å². The highest BCUT2D eigenvalue weighted by molar-refractivity contribution is 6.28. The van der Waals surface area contributed by atoms with Crippen molar-refractivity contribution >= 4 is 23.6 Å². The van der Waals surface area contributed by atoms with Crippen LogP contribution in [0.25, 0.3) is 0 Å². The van der Waals surface area contributed by atoms with Gasteiger partial charge in [-0.15, -0.1) is 0 Å². The van der Waals surface area contributed by atoms with E-state index in [0.29, 0.717) is 11.3 Å². The van der Waals surface area contributed by atoms with Crippen LogP contribution < -0.4 is 10.2 Å². The molecule has 0 saturated carbocycles. The Morgan fingerprint density at radius 2 is 1.73 bits per heavy atom. The van der Waals surface area contributed by atoms with Crippen molar-refractivity contribution in [3.63, 3.8) is 0 Å². The van der Waals surface area contributed by atoms with Crippen LogP contribution in [0.15, 0.2) is 36.4 Å². The maximum absolute atomic E-state index is 11.8. The summed E-state index contributed by atoms with van der Waals surface area (Å²) in [5.74, 6) is -0.788. The molecule has 1 aromatic rings. The minimum absolute atomic E-state index is 0.155. The standard InChI is InChI=1S/C16H18N2O4/c1-16(2,3)22-15(21)17-10-11-6-4-5-7-12(11)18-13(19)8-9-14(18)20/h4-9H,10H2,1-3H3,(H,17,21). The first kappa shape index (κ1) is 15.8. The van der Waals surface area contributed by atoms with Crippen LogP contribution in [0.2, 0.25) is 0 Å². The Labute approximate surface area is 128 Å².